The summed E-state index contributed by atoms with van der Waals surface area (Å²) < 4.78 is 40.6. The first-order chi connectivity index (χ1) is 12.4. The molecule has 1 aliphatic rings. The van der Waals surface area contributed by atoms with Gasteiger partial charge in [-0.1, -0.05) is 23.7 Å². The fraction of sp³-hybridized carbons (Fsp3) is 0.588. The molecule has 1 heterocycles. The number of rotatable bonds is 6. The van der Waals surface area contributed by atoms with Crippen LogP contribution in [0.4, 0.5) is 18.9 Å². The van der Waals surface area contributed by atoms with Crippen LogP contribution >= 0.6 is 11.6 Å². The zero-order chi connectivity index (χ0) is 19.0. The number of aliphatic imine (C=N–C) groups is 1. The molecule has 2 rings (SSSR count). The van der Waals surface area contributed by atoms with Gasteiger partial charge in [-0.25, -0.2) is 0 Å². The van der Waals surface area contributed by atoms with Crippen molar-refractivity contribution in [3.05, 3.63) is 29.3 Å². The number of halogens is 4. The van der Waals surface area contributed by atoms with Crippen LogP contribution in [0.3, 0.4) is 0 Å². The lowest BCUT2D eigenvalue weighted by Crippen LogP contribution is -2.52. The highest BCUT2D eigenvalue weighted by Crippen LogP contribution is 2.26. The summed E-state index contributed by atoms with van der Waals surface area (Å²) >= 11 is 6.25. The van der Waals surface area contributed by atoms with Crippen LogP contribution in [0.25, 0.3) is 0 Å². The van der Waals surface area contributed by atoms with Crippen LogP contribution in [-0.4, -0.2) is 70.0 Å². The second-order valence-electron chi connectivity index (χ2n) is 5.92. The van der Waals surface area contributed by atoms with Crippen molar-refractivity contribution in [3.8, 4) is 0 Å². The molecule has 5 nitrogen and oxygen atoms in total. The maximum absolute atomic E-state index is 12.0. The predicted octanol–water partition coefficient (Wildman–Crippen LogP) is 3.01. The molecule has 1 aromatic rings. The zero-order valence-electron chi connectivity index (χ0n) is 14.7. The summed E-state index contributed by atoms with van der Waals surface area (Å²) in [5.74, 6) is 0.750. The minimum atomic E-state index is -4.27. The smallest absolute Gasteiger partial charge is 0.372 e. The first kappa shape index (κ1) is 20.6. The summed E-state index contributed by atoms with van der Waals surface area (Å²) in [6, 6.07) is 7.76. The van der Waals surface area contributed by atoms with E-state index < -0.39 is 12.8 Å². The molecule has 1 fully saturated rings. The molecule has 146 valence electrons. The molecular weight excluding hydrogens is 369 g/mol. The summed E-state index contributed by atoms with van der Waals surface area (Å²) in [5, 5.41) is 3.91. The average molecular weight is 393 g/mol. The van der Waals surface area contributed by atoms with Gasteiger partial charge in [-0.2, -0.15) is 13.2 Å². The van der Waals surface area contributed by atoms with E-state index in [1.807, 2.05) is 24.3 Å². The van der Waals surface area contributed by atoms with Gasteiger partial charge >= 0.3 is 6.18 Å². The number of guanidine groups is 1. The van der Waals surface area contributed by atoms with Gasteiger partial charge in [0.25, 0.3) is 0 Å². The van der Waals surface area contributed by atoms with Crippen LogP contribution in [0, 0.1) is 0 Å². The third-order valence-corrected chi connectivity index (χ3v) is 4.32. The fourth-order valence-electron chi connectivity index (χ4n) is 2.76. The van der Waals surface area contributed by atoms with Crippen LogP contribution in [0.15, 0.2) is 29.3 Å². The molecule has 1 aromatic carbocycles. The Morgan fingerprint density at radius 2 is 1.92 bits per heavy atom. The van der Waals surface area contributed by atoms with Gasteiger partial charge in [0.1, 0.15) is 6.61 Å². The summed E-state index contributed by atoms with van der Waals surface area (Å²) in [7, 11) is 1.70. The Kier molecular flexibility index (Phi) is 7.84. The molecule has 1 saturated heterocycles. The van der Waals surface area contributed by atoms with Crippen LogP contribution in [-0.2, 0) is 4.74 Å². The number of anilines is 1. The van der Waals surface area contributed by atoms with Crippen molar-refractivity contribution >= 4 is 23.2 Å². The Balaban J connectivity index is 1.71. The van der Waals surface area contributed by atoms with Gasteiger partial charge in [-0.05, 0) is 18.6 Å². The number of hydrogen-bond donors (Lipinski definition) is 1. The molecule has 1 N–H and O–H groups in total. The van der Waals surface area contributed by atoms with Crippen molar-refractivity contribution < 1.29 is 17.9 Å². The quantitative estimate of drug-likeness (QED) is 0.459. The molecule has 0 radical (unpaired) electrons. The molecule has 0 bridgehead atoms. The Morgan fingerprint density at radius 1 is 1.23 bits per heavy atom. The number of ether oxygens (including phenoxy) is 1. The standard InChI is InChI=1S/C17H24ClF3N4O/c1-22-16(23-7-4-12-26-13-17(19,20)21)25-10-8-24(9-11-25)15-6-3-2-5-14(15)18/h2-3,5-6H,4,7-13H2,1H3,(H,22,23). The minimum Gasteiger partial charge on any atom is -0.372 e. The molecule has 26 heavy (non-hydrogen) atoms. The molecule has 0 aliphatic carbocycles. The van der Waals surface area contributed by atoms with E-state index >= 15 is 0 Å². The van der Waals surface area contributed by atoms with Crippen molar-refractivity contribution in [3.63, 3.8) is 0 Å². The van der Waals surface area contributed by atoms with Gasteiger partial charge in [0.15, 0.2) is 5.96 Å². The normalized spacial score (nSPS) is 16.1. The first-order valence-electron chi connectivity index (χ1n) is 8.50. The van der Waals surface area contributed by atoms with E-state index in [9.17, 15) is 13.2 Å². The highest BCUT2D eigenvalue weighted by atomic mass is 35.5. The van der Waals surface area contributed by atoms with Gasteiger partial charge in [0.05, 0.1) is 10.7 Å². The molecule has 0 saturated carbocycles. The van der Waals surface area contributed by atoms with E-state index in [-0.39, 0.29) is 6.61 Å². The lowest BCUT2D eigenvalue weighted by molar-refractivity contribution is -0.173. The second kappa shape index (κ2) is 9.87. The van der Waals surface area contributed by atoms with Crippen molar-refractivity contribution in [1.82, 2.24) is 10.2 Å². The number of benzene rings is 1. The van der Waals surface area contributed by atoms with Crippen molar-refractivity contribution in [1.29, 1.82) is 0 Å². The Labute approximate surface area is 156 Å². The lowest BCUT2D eigenvalue weighted by atomic mass is 10.2. The number of piperazine rings is 1. The second-order valence-corrected chi connectivity index (χ2v) is 6.33. The van der Waals surface area contributed by atoms with Gasteiger partial charge in [0, 0.05) is 46.4 Å². The van der Waals surface area contributed by atoms with Gasteiger partial charge in [-0.15, -0.1) is 0 Å². The molecule has 9 heteroatoms. The minimum absolute atomic E-state index is 0.0593. The lowest BCUT2D eigenvalue weighted by Gasteiger charge is -2.38. The van der Waals surface area contributed by atoms with Gasteiger partial charge < -0.3 is 19.9 Å². The Bertz CT molecular complexity index is 590. The maximum Gasteiger partial charge on any atom is 0.411 e. The first-order valence-corrected chi connectivity index (χ1v) is 8.88. The van der Waals surface area contributed by atoms with Crippen LogP contribution in [0.5, 0.6) is 0 Å². The summed E-state index contributed by atoms with van der Waals surface area (Å²) in [6.07, 6.45) is -3.79. The predicted molar refractivity (Wildman–Crippen MR) is 98.1 cm³/mol. The molecule has 0 unspecified atom stereocenters. The monoisotopic (exact) mass is 392 g/mol. The fourth-order valence-corrected chi connectivity index (χ4v) is 3.02. The van der Waals surface area contributed by atoms with Crippen LogP contribution < -0.4 is 10.2 Å². The van der Waals surface area contributed by atoms with E-state index in [0.717, 1.165) is 42.8 Å². The largest absolute Gasteiger partial charge is 0.411 e. The average Bonchev–Trinajstić information content (AvgIpc) is 2.61. The van der Waals surface area contributed by atoms with Crippen LogP contribution in [0.1, 0.15) is 6.42 Å². The molecule has 0 atom stereocenters. The zero-order valence-corrected chi connectivity index (χ0v) is 15.5. The third-order valence-electron chi connectivity index (χ3n) is 4.00. The van der Waals surface area contributed by atoms with E-state index in [1.54, 1.807) is 7.05 Å². The summed E-state index contributed by atoms with van der Waals surface area (Å²) in [4.78, 5) is 8.61. The highest BCUT2D eigenvalue weighted by molar-refractivity contribution is 6.33. The number of alkyl halides is 3. The van der Waals surface area contributed by atoms with Gasteiger partial charge in [-0.3, -0.25) is 4.99 Å². The molecule has 0 amide bonds. The molecule has 1 aliphatic heterocycles. The Morgan fingerprint density at radius 3 is 2.54 bits per heavy atom. The van der Waals surface area contributed by atoms with Crippen molar-refractivity contribution in [2.45, 2.75) is 12.6 Å². The number of hydrogen-bond acceptors (Lipinski definition) is 3. The van der Waals surface area contributed by atoms with Crippen molar-refractivity contribution in [2.75, 3.05) is 57.9 Å². The number of nitrogens with one attached hydrogen (secondary N) is 1. The molecule has 0 spiro atoms. The maximum atomic E-state index is 12.0. The number of nitrogens with zero attached hydrogens (tertiary/aromatic N) is 3. The van der Waals surface area contributed by atoms with E-state index in [2.05, 4.69) is 24.8 Å². The summed E-state index contributed by atoms with van der Waals surface area (Å²) in [6.45, 7) is 2.58. The third kappa shape index (κ3) is 6.57. The molecule has 0 aromatic heterocycles. The topological polar surface area (TPSA) is 40.1 Å². The van der Waals surface area contributed by atoms with Crippen molar-refractivity contribution in [2.24, 2.45) is 4.99 Å². The van der Waals surface area contributed by atoms with E-state index in [0.29, 0.717) is 13.0 Å². The van der Waals surface area contributed by atoms with E-state index in [4.69, 9.17) is 11.6 Å². The SMILES string of the molecule is CN=C(NCCCOCC(F)(F)F)N1CCN(c2ccccc2Cl)CC1. The van der Waals surface area contributed by atoms with E-state index in [1.165, 1.54) is 0 Å². The highest BCUT2D eigenvalue weighted by Gasteiger charge is 2.27. The number of para-hydroxylation sites is 1. The summed E-state index contributed by atoms with van der Waals surface area (Å²) in [5.41, 5.74) is 1.03. The van der Waals surface area contributed by atoms with Gasteiger partial charge in [0.2, 0.25) is 0 Å². The van der Waals surface area contributed by atoms with Crippen LogP contribution in [0.2, 0.25) is 5.02 Å². The Hall–Kier alpha value is -1.67. The molecular formula is C17H24ClF3N4O.